The Bertz CT molecular complexity index is 578. The number of rotatable bonds is 6. The highest BCUT2D eigenvalue weighted by molar-refractivity contribution is 5.50. The second-order valence-corrected chi connectivity index (χ2v) is 5.07. The third-order valence-corrected chi connectivity index (χ3v) is 3.40. The number of anilines is 1. The molecule has 2 rings (SSSR count). The van der Waals surface area contributed by atoms with Gasteiger partial charge in [-0.05, 0) is 51.1 Å². The molecule has 0 saturated carbocycles. The van der Waals surface area contributed by atoms with Crippen LogP contribution in [0, 0.1) is 6.92 Å². The van der Waals surface area contributed by atoms with E-state index in [2.05, 4.69) is 31.3 Å². The minimum atomic E-state index is 0.165. The Balaban J connectivity index is 2.13. The van der Waals surface area contributed by atoms with Gasteiger partial charge in [-0.3, -0.25) is 0 Å². The van der Waals surface area contributed by atoms with E-state index >= 15 is 0 Å². The Morgan fingerprint density at radius 3 is 2.43 bits per heavy atom. The molecule has 112 valence electrons. The summed E-state index contributed by atoms with van der Waals surface area (Å²) in [5.41, 5.74) is 3.45. The molecule has 21 heavy (non-hydrogen) atoms. The van der Waals surface area contributed by atoms with Crippen LogP contribution in [0.4, 0.5) is 5.69 Å². The molecular formula is C18H23NO2. The first-order valence-corrected chi connectivity index (χ1v) is 7.28. The van der Waals surface area contributed by atoms with E-state index in [0.717, 1.165) is 22.7 Å². The first-order chi connectivity index (χ1) is 10.1. The first-order valence-electron chi connectivity index (χ1n) is 7.28. The first kappa shape index (κ1) is 15.2. The smallest absolute Gasteiger partial charge is 0.124 e. The van der Waals surface area contributed by atoms with Gasteiger partial charge in [0.25, 0.3) is 0 Å². The number of benzene rings is 2. The Labute approximate surface area is 126 Å². The van der Waals surface area contributed by atoms with Gasteiger partial charge < -0.3 is 14.8 Å². The van der Waals surface area contributed by atoms with Crippen molar-refractivity contribution < 1.29 is 9.47 Å². The van der Waals surface area contributed by atoms with E-state index in [0.29, 0.717) is 6.61 Å². The number of hydrogen-bond acceptors (Lipinski definition) is 3. The molecule has 0 fully saturated rings. The van der Waals surface area contributed by atoms with E-state index in [4.69, 9.17) is 9.47 Å². The molecule has 0 radical (unpaired) electrons. The molecule has 2 aromatic carbocycles. The van der Waals surface area contributed by atoms with Gasteiger partial charge in [0.15, 0.2) is 0 Å². The Kier molecular flexibility index (Phi) is 5.09. The molecule has 3 heteroatoms. The highest BCUT2D eigenvalue weighted by atomic mass is 16.5. The summed E-state index contributed by atoms with van der Waals surface area (Å²) in [4.78, 5) is 0. The maximum atomic E-state index is 5.45. The average Bonchev–Trinajstić information content (AvgIpc) is 2.49. The summed E-state index contributed by atoms with van der Waals surface area (Å²) in [5, 5.41) is 3.49. The van der Waals surface area contributed by atoms with E-state index in [1.165, 1.54) is 5.56 Å². The SMILES string of the molecule is CCOc1ccc(NC(C)c2cc(C)ccc2OC)cc1. The van der Waals surface area contributed by atoms with E-state index in [1.807, 2.05) is 37.3 Å². The fraction of sp³-hybridized carbons (Fsp3) is 0.333. The van der Waals surface area contributed by atoms with Gasteiger partial charge in [0, 0.05) is 11.3 Å². The van der Waals surface area contributed by atoms with Gasteiger partial charge in [-0.1, -0.05) is 17.7 Å². The molecule has 0 heterocycles. The van der Waals surface area contributed by atoms with Crippen molar-refractivity contribution in [3.63, 3.8) is 0 Å². The van der Waals surface area contributed by atoms with Crippen LogP contribution in [0.2, 0.25) is 0 Å². The average molecular weight is 285 g/mol. The molecule has 0 aromatic heterocycles. The summed E-state index contributed by atoms with van der Waals surface area (Å²) in [6.45, 7) is 6.89. The van der Waals surface area contributed by atoms with Crippen LogP contribution in [-0.4, -0.2) is 13.7 Å². The third kappa shape index (κ3) is 3.91. The number of nitrogens with one attached hydrogen (secondary N) is 1. The lowest BCUT2D eigenvalue weighted by Gasteiger charge is -2.19. The fourth-order valence-corrected chi connectivity index (χ4v) is 2.33. The molecule has 1 N–H and O–H groups in total. The Hall–Kier alpha value is -2.16. The van der Waals surface area contributed by atoms with Crippen LogP contribution in [0.15, 0.2) is 42.5 Å². The zero-order valence-electron chi connectivity index (χ0n) is 13.1. The summed E-state index contributed by atoms with van der Waals surface area (Å²) in [5.74, 6) is 1.80. The monoisotopic (exact) mass is 285 g/mol. The molecule has 0 aliphatic heterocycles. The fourth-order valence-electron chi connectivity index (χ4n) is 2.33. The minimum Gasteiger partial charge on any atom is -0.496 e. The van der Waals surface area contributed by atoms with Crippen molar-refractivity contribution in [2.45, 2.75) is 26.8 Å². The van der Waals surface area contributed by atoms with Crippen LogP contribution >= 0.6 is 0 Å². The van der Waals surface area contributed by atoms with Gasteiger partial charge in [0.05, 0.1) is 19.8 Å². The van der Waals surface area contributed by atoms with Crippen molar-refractivity contribution in [2.75, 3.05) is 19.0 Å². The van der Waals surface area contributed by atoms with Crippen LogP contribution in [-0.2, 0) is 0 Å². The molecule has 0 amide bonds. The molecule has 1 unspecified atom stereocenters. The van der Waals surface area contributed by atoms with Gasteiger partial charge in [-0.25, -0.2) is 0 Å². The van der Waals surface area contributed by atoms with Crippen molar-refractivity contribution in [3.8, 4) is 11.5 Å². The molecule has 0 aliphatic carbocycles. The molecule has 2 aromatic rings. The van der Waals surface area contributed by atoms with Gasteiger partial charge in [-0.15, -0.1) is 0 Å². The number of aryl methyl sites for hydroxylation is 1. The lowest BCUT2D eigenvalue weighted by atomic mass is 10.0. The topological polar surface area (TPSA) is 30.5 Å². The molecule has 3 nitrogen and oxygen atoms in total. The van der Waals surface area contributed by atoms with Gasteiger partial charge in [-0.2, -0.15) is 0 Å². The van der Waals surface area contributed by atoms with Gasteiger partial charge in [0.1, 0.15) is 11.5 Å². The van der Waals surface area contributed by atoms with Crippen LogP contribution in [0.5, 0.6) is 11.5 Å². The van der Waals surface area contributed by atoms with E-state index in [1.54, 1.807) is 7.11 Å². The molecule has 0 bridgehead atoms. The maximum absolute atomic E-state index is 5.45. The summed E-state index contributed by atoms with van der Waals surface area (Å²) >= 11 is 0. The van der Waals surface area contributed by atoms with E-state index < -0.39 is 0 Å². The molecule has 0 aliphatic rings. The minimum absolute atomic E-state index is 0.165. The number of hydrogen-bond donors (Lipinski definition) is 1. The third-order valence-electron chi connectivity index (χ3n) is 3.40. The predicted octanol–water partition coefficient (Wildman–Crippen LogP) is 4.58. The summed E-state index contributed by atoms with van der Waals surface area (Å²) in [7, 11) is 1.71. The summed E-state index contributed by atoms with van der Waals surface area (Å²) in [6.07, 6.45) is 0. The highest BCUT2D eigenvalue weighted by Gasteiger charge is 2.11. The summed E-state index contributed by atoms with van der Waals surface area (Å²) in [6, 6.07) is 14.4. The Morgan fingerprint density at radius 2 is 1.81 bits per heavy atom. The number of methoxy groups -OCH3 is 1. The van der Waals surface area contributed by atoms with Crippen molar-refractivity contribution >= 4 is 5.69 Å². The second kappa shape index (κ2) is 7.02. The lowest BCUT2D eigenvalue weighted by Crippen LogP contribution is -2.08. The highest BCUT2D eigenvalue weighted by Crippen LogP contribution is 2.29. The van der Waals surface area contributed by atoms with Crippen molar-refractivity contribution in [3.05, 3.63) is 53.6 Å². The van der Waals surface area contributed by atoms with Crippen LogP contribution in [0.3, 0.4) is 0 Å². The van der Waals surface area contributed by atoms with Crippen LogP contribution in [0.25, 0.3) is 0 Å². The van der Waals surface area contributed by atoms with Gasteiger partial charge in [0.2, 0.25) is 0 Å². The van der Waals surface area contributed by atoms with Crippen molar-refractivity contribution in [1.29, 1.82) is 0 Å². The maximum Gasteiger partial charge on any atom is 0.124 e. The standard InChI is InChI=1S/C18H23NO2/c1-5-21-16-9-7-15(8-10-16)19-14(3)17-12-13(2)6-11-18(17)20-4/h6-12,14,19H,5H2,1-4H3. The van der Waals surface area contributed by atoms with Crippen LogP contribution < -0.4 is 14.8 Å². The lowest BCUT2D eigenvalue weighted by molar-refractivity contribution is 0.340. The van der Waals surface area contributed by atoms with E-state index in [9.17, 15) is 0 Å². The molecule has 1 atom stereocenters. The van der Waals surface area contributed by atoms with Crippen LogP contribution in [0.1, 0.15) is 31.0 Å². The number of ether oxygens (including phenoxy) is 2. The summed E-state index contributed by atoms with van der Waals surface area (Å²) < 4.78 is 10.9. The normalized spacial score (nSPS) is 11.8. The van der Waals surface area contributed by atoms with E-state index in [-0.39, 0.29) is 6.04 Å². The van der Waals surface area contributed by atoms with Crippen molar-refractivity contribution in [2.24, 2.45) is 0 Å². The molecule has 0 spiro atoms. The Morgan fingerprint density at radius 1 is 1.10 bits per heavy atom. The largest absolute Gasteiger partial charge is 0.496 e. The molecule has 0 saturated heterocycles. The molecular weight excluding hydrogens is 262 g/mol. The zero-order valence-corrected chi connectivity index (χ0v) is 13.1. The predicted molar refractivity (Wildman–Crippen MR) is 87.4 cm³/mol. The quantitative estimate of drug-likeness (QED) is 0.843. The van der Waals surface area contributed by atoms with Gasteiger partial charge >= 0.3 is 0 Å². The van der Waals surface area contributed by atoms with Crippen molar-refractivity contribution in [1.82, 2.24) is 0 Å². The second-order valence-electron chi connectivity index (χ2n) is 5.07. The zero-order chi connectivity index (χ0) is 15.2.